The maximum absolute atomic E-state index is 10.7. The van der Waals surface area contributed by atoms with Gasteiger partial charge in [0.1, 0.15) is 5.75 Å². The van der Waals surface area contributed by atoms with Gasteiger partial charge in [0.2, 0.25) is 0 Å². The lowest BCUT2D eigenvalue weighted by molar-refractivity contribution is -0.384. The predicted octanol–water partition coefficient (Wildman–Crippen LogP) is 5.66. The van der Waals surface area contributed by atoms with Crippen molar-refractivity contribution >= 4 is 17.2 Å². The quantitative estimate of drug-likeness (QED) is 0.237. The molecule has 7 heteroatoms. The van der Waals surface area contributed by atoms with Crippen molar-refractivity contribution in [2.24, 2.45) is 10.2 Å². The molecule has 0 atom stereocenters. The van der Waals surface area contributed by atoms with Crippen molar-refractivity contribution in [1.82, 2.24) is 0 Å². The number of nitro groups is 1. The predicted molar refractivity (Wildman–Crippen MR) is 101 cm³/mol. The topological polar surface area (TPSA) is 112 Å². The van der Waals surface area contributed by atoms with Crippen LogP contribution in [0.2, 0.25) is 0 Å². The number of nitrogens with zero attached hydrogens (tertiary/aromatic N) is 3. The summed E-state index contributed by atoms with van der Waals surface area (Å²) in [7, 11) is 0. The number of phenolic OH excluding ortho intramolecular Hbond substituents is 1. The number of amidine groups is 1. The molecule has 0 aliphatic carbocycles. The van der Waals surface area contributed by atoms with Gasteiger partial charge in [0.05, 0.1) is 10.6 Å². The van der Waals surface area contributed by atoms with Crippen LogP contribution in [0.15, 0.2) is 46.6 Å². The smallest absolute Gasteiger partial charge is 0.269 e. The molecule has 0 saturated carbocycles. The molecule has 2 N–H and O–H groups in total. The van der Waals surface area contributed by atoms with Crippen LogP contribution < -0.4 is 0 Å². The molecule has 0 bridgehead atoms. The molecule has 0 fully saturated rings. The molecule has 0 saturated heterocycles. The van der Waals surface area contributed by atoms with Gasteiger partial charge in [-0.1, -0.05) is 27.7 Å². The minimum atomic E-state index is -0.494. The highest BCUT2D eigenvalue weighted by Crippen LogP contribution is 2.37. The van der Waals surface area contributed by atoms with Crippen LogP contribution in [0.3, 0.4) is 0 Å². The maximum atomic E-state index is 10.7. The number of phenols is 1. The third kappa shape index (κ3) is 4.30. The summed E-state index contributed by atoms with van der Waals surface area (Å²) in [6.45, 7) is 7.94. The molecule has 0 radical (unpaired) electrons. The van der Waals surface area contributed by atoms with Gasteiger partial charge in [-0.2, -0.15) is 0 Å². The largest absolute Gasteiger partial charge is 0.507 e. The summed E-state index contributed by atoms with van der Waals surface area (Å²) in [6, 6.07) is 9.11. The lowest BCUT2D eigenvalue weighted by Gasteiger charge is -2.15. The fraction of sp³-hybridized carbons (Fsp3) is 0.316. The van der Waals surface area contributed by atoms with E-state index in [1.807, 2.05) is 27.7 Å². The van der Waals surface area contributed by atoms with Crippen LogP contribution in [0.25, 0.3) is 0 Å². The summed E-state index contributed by atoms with van der Waals surface area (Å²) < 4.78 is 0. The van der Waals surface area contributed by atoms with Crippen molar-refractivity contribution in [2.75, 3.05) is 0 Å². The Balaban J connectivity index is 2.31. The average molecular weight is 354 g/mol. The first-order chi connectivity index (χ1) is 12.2. The standard InChI is InChI=1S/C19H22N4O3/c1-11(2)16-9-14(10-17(12(3)4)18(16)24)21-22-19(20)13-5-7-15(8-6-13)23(25)26/h5-12,20,24H,1-4H3. The Morgan fingerprint density at radius 3 is 2.00 bits per heavy atom. The van der Waals surface area contributed by atoms with Crippen molar-refractivity contribution in [3.8, 4) is 5.75 Å². The molecule has 2 aromatic rings. The number of nitro benzene ring substituents is 1. The van der Waals surface area contributed by atoms with Crippen LogP contribution >= 0.6 is 0 Å². The molecule has 0 aromatic heterocycles. The Hall–Kier alpha value is -3.09. The normalized spacial score (nSPS) is 11.5. The molecule has 0 heterocycles. The van der Waals surface area contributed by atoms with Crippen LogP contribution in [0, 0.1) is 15.5 Å². The van der Waals surface area contributed by atoms with Crippen LogP contribution in [-0.4, -0.2) is 15.9 Å². The zero-order valence-electron chi connectivity index (χ0n) is 15.2. The molecule has 0 amide bonds. The first-order valence-corrected chi connectivity index (χ1v) is 8.32. The van der Waals surface area contributed by atoms with E-state index in [1.54, 1.807) is 12.1 Å². The lowest BCUT2D eigenvalue weighted by atomic mass is 9.93. The Bertz CT molecular complexity index is 827. The maximum Gasteiger partial charge on any atom is 0.269 e. The highest BCUT2D eigenvalue weighted by atomic mass is 16.6. The highest BCUT2D eigenvalue weighted by Gasteiger charge is 2.15. The Morgan fingerprint density at radius 2 is 1.58 bits per heavy atom. The molecule has 0 aliphatic rings. The average Bonchev–Trinajstić information content (AvgIpc) is 2.60. The number of nitrogens with one attached hydrogen (secondary N) is 1. The summed E-state index contributed by atoms with van der Waals surface area (Å²) >= 11 is 0. The number of hydrogen-bond donors (Lipinski definition) is 2. The Kier molecular flexibility index (Phi) is 5.82. The van der Waals surface area contributed by atoms with Crippen molar-refractivity contribution in [3.05, 3.63) is 63.2 Å². The van der Waals surface area contributed by atoms with E-state index in [2.05, 4.69) is 10.2 Å². The molecule has 26 heavy (non-hydrogen) atoms. The summed E-state index contributed by atoms with van der Waals surface area (Å²) in [5, 5.41) is 37.1. The van der Waals surface area contributed by atoms with Gasteiger partial charge in [-0.25, -0.2) is 0 Å². The van der Waals surface area contributed by atoms with E-state index >= 15 is 0 Å². The lowest BCUT2D eigenvalue weighted by Crippen LogP contribution is -1.96. The SMILES string of the molecule is CC(C)c1cc(N=NC(=N)c2ccc([N+](=O)[O-])cc2)cc(C(C)C)c1O. The molecule has 2 aromatic carbocycles. The van der Waals surface area contributed by atoms with Gasteiger partial charge in [-0.3, -0.25) is 15.5 Å². The van der Waals surface area contributed by atoms with Crippen molar-refractivity contribution in [3.63, 3.8) is 0 Å². The van der Waals surface area contributed by atoms with Crippen LogP contribution in [0.5, 0.6) is 5.75 Å². The number of non-ortho nitro benzene ring substituents is 1. The molecule has 136 valence electrons. The summed E-state index contributed by atoms with van der Waals surface area (Å²) in [6.07, 6.45) is 0. The monoisotopic (exact) mass is 354 g/mol. The van der Waals surface area contributed by atoms with Gasteiger partial charge in [-0.15, -0.1) is 10.2 Å². The van der Waals surface area contributed by atoms with Crippen molar-refractivity contribution in [1.29, 1.82) is 5.41 Å². The van der Waals surface area contributed by atoms with Crippen LogP contribution in [0.4, 0.5) is 11.4 Å². The third-order valence-corrected chi connectivity index (χ3v) is 4.01. The second-order valence-electron chi connectivity index (χ2n) is 6.63. The van der Waals surface area contributed by atoms with E-state index in [1.165, 1.54) is 24.3 Å². The van der Waals surface area contributed by atoms with Crippen LogP contribution in [-0.2, 0) is 0 Å². The minimum Gasteiger partial charge on any atom is -0.507 e. The van der Waals surface area contributed by atoms with Crippen molar-refractivity contribution in [2.45, 2.75) is 39.5 Å². The number of hydrogen-bond acceptors (Lipinski definition) is 5. The Morgan fingerprint density at radius 1 is 1.08 bits per heavy atom. The van der Waals surface area contributed by atoms with Crippen molar-refractivity contribution < 1.29 is 10.0 Å². The molecular weight excluding hydrogens is 332 g/mol. The van der Waals surface area contributed by atoms with E-state index < -0.39 is 4.92 Å². The van der Waals surface area contributed by atoms with E-state index in [0.29, 0.717) is 11.3 Å². The summed E-state index contributed by atoms with van der Waals surface area (Å²) in [4.78, 5) is 10.2. The van der Waals surface area contributed by atoms with Gasteiger partial charge in [-0.05, 0) is 47.2 Å². The zero-order chi connectivity index (χ0) is 19.4. The summed E-state index contributed by atoms with van der Waals surface area (Å²) in [5.74, 6) is 0.429. The third-order valence-electron chi connectivity index (χ3n) is 4.01. The van der Waals surface area contributed by atoms with E-state index in [9.17, 15) is 15.2 Å². The molecule has 7 nitrogen and oxygen atoms in total. The molecular formula is C19H22N4O3. The first-order valence-electron chi connectivity index (χ1n) is 8.32. The van der Waals surface area contributed by atoms with E-state index in [0.717, 1.165) is 11.1 Å². The van der Waals surface area contributed by atoms with Gasteiger partial charge in [0, 0.05) is 17.7 Å². The van der Waals surface area contributed by atoms with E-state index in [-0.39, 0.29) is 29.1 Å². The second-order valence-corrected chi connectivity index (χ2v) is 6.63. The molecule has 0 aliphatic heterocycles. The number of aromatic hydroxyl groups is 1. The highest BCUT2D eigenvalue weighted by molar-refractivity contribution is 5.97. The van der Waals surface area contributed by atoms with Gasteiger partial charge >= 0.3 is 0 Å². The number of rotatable bonds is 5. The second kappa shape index (κ2) is 7.86. The number of azo groups is 1. The number of benzene rings is 2. The zero-order valence-corrected chi connectivity index (χ0v) is 15.2. The van der Waals surface area contributed by atoms with E-state index in [4.69, 9.17) is 5.41 Å². The van der Waals surface area contributed by atoms with Crippen LogP contribution in [0.1, 0.15) is 56.2 Å². The molecule has 0 spiro atoms. The van der Waals surface area contributed by atoms with Gasteiger partial charge in [0.25, 0.3) is 5.69 Å². The Labute approximate surface area is 152 Å². The fourth-order valence-corrected chi connectivity index (χ4v) is 2.51. The molecule has 2 rings (SSSR count). The summed E-state index contributed by atoms with van der Waals surface area (Å²) in [5.41, 5.74) is 2.52. The minimum absolute atomic E-state index is 0.0415. The first kappa shape index (κ1) is 19.2. The van der Waals surface area contributed by atoms with Gasteiger partial charge < -0.3 is 5.11 Å². The molecule has 0 unspecified atom stereocenters. The van der Waals surface area contributed by atoms with Gasteiger partial charge in [0.15, 0.2) is 5.84 Å². The fourth-order valence-electron chi connectivity index (χ4n) is 2.51.